The summed E-state index contributed by atoms with van der Waals surface area (Å²) in [5.74, 6) is 0.396. The van der Waals surface area contributed by atoms with Gasteiger partial charge in [-0.15, -0.1) is 10.2 Å². The van der Waals surface area contributed by atoms with Gasteiger partial charge >= 0.3 is 0 Å². The van der Waals surface area contributed by atoms with Crippen LogP contribution in [-0.2, 0) is 4.79 Å². The van der Waals surface area contributed by atoms with Crippen molar-refractivity contribution in [3.63, 3.8) is 0 Å². The quantitative estimate of drug-likeness (QED) is 0.833. The molecule has 5 heteroatoms. The zero-order chi connectivity index (χ0) is 16.1. The van der Waals surface area contributed by atoms with Crippen molar-refractivity contribution in [3.8, 4) is 0 Å². The second-order valence-electron chi connectivity index (χ2n) is 5.97. The number of rotatable bonds is 4. The van der Waals surface area contributed by atoms with Crippen LogP contribution >= 0.6 is 11.3 Å². The van der Waals surface area contributed by atoms with Gasteiger partial charge in [0, 0.05) is 11.5 Å². The summed E-state index contributed by atoms with van der Waals surface area (Å²) < 4.78 is 0. The number of nitrogens with zero attached hydrogens (tertiary/aromatic N) is 2. The molecule has 1 amide bonds. The fourth-order valence-corrected chi connectivity index (χ4v) is 3.77. The molecule has 4 nitrogen and oxygen atoms in total. The SMILES string of the molecule is C/C(=C/c1ccccc1)C(=O)Nc1nnc(C2CCCCC2)s1. The predicted octanol–water partition coefficient (Wildman–Crippen LogP) is 4.63. The van der Waals surface area contributed by atoms with Gasteiger partial charge in [0.05, 0.1) is 0 Å². The highest BCUT2D eigenvalue weighted by Gasteiger charge is 2.20. The molecule has 0 bridgehead atoms. The summed E-state index contributed by atoms with van der Waals surface area (Å²) in [4.78, 5) is 12.3. The third kappa shape index (κ3) is 4.26. The molecule has 1 N–H and O–H groups in total. The van der Waals surface area contributed by atoms with E-state index < -0.39 is 0 Å². The molecule has 0 saturated heterocycles. The van der Waals surface area contributed by atoms with Crippen molar-refractivity contribution in [1.82, 2.24) is 10.2 Å². The van der Waals surface area contributed by atoms with Gasteiger partial charge in [-0.25, -0.2) is 0 Å². The number of amides is 1. The fraction of sp³-hybridized carbons (Fsp3) is 0.389. The van der Waals surface area contributed by atoms with Crippen LogP contribution in [0.25, 0.3) is 6.08 Å². The van der Waals surface area contributed by atoms with E-state index in [-0.39, 0.29) is 5.91 Å². The molecule has 1 aromatic heterocycles. The Morgan fingerprint density at radius 3 is 2.65 bits per heavy atom. The number of carbonyl (C=O) groups is 1. The second-order valence-corrected chi connectivity index (χ2v) is 6.98. The minimum atomic E-state index is -0.125. The van der Waals surface area contributed by atoms with E-state index >= 15 is 0 Å². The van der Waals surface area contributed by atoms with Crippen LogP contribution in [0.15, 0.2) is 35.9 Å². The number of aromatic nitrogens is 2. The average Bonchev–Trinajstić information content (AvgIpc) is 3.05. The summed E-state index contributed by atoms with van der Waals surface area (Å²) in [5, 5.41) is 12.9. The van der Waals surface area contributed by atoms with E-state index in [0.717, 1.165) is 10.6 Å². The minimum absolute atomic E-state index is 0.125. The largest absolute Gasteiger partial charge is 0.297 e. The molecule has 0 atom stereocenters. The van der Waals surface area contributed by atoms with Gasteiger partial charge in [-0.2, -0.15) is 0 Å². The highest BCUT2D eigenvalue weighted by molar-refractivity contribution is 7.15. The van der Waals surface area contributed by atoms with Crippen molar-refractivity contribution in [2.75, 3.05) is 5.32 Å². The van der Waals surface area contributed by atoms with Crippen molar-refractivity contribution in [1.29, 1.82) is 0 Å². The monoisotopic (exact) mass is 327 g/mol. The van der Waals surface area contributed by atoms with Crippen molar-refractivity contribution in [2.24, 2.45) is 0 Å². The van der Waals surface area contributed by atoms with Gasteiger partial charge in [0.2, 0.25) is 5.13 Å². The average molecular weight is 327 g/mol. The molecule has 0 spiro atoms. The third-order valence-corrected chi connectivity index (χ3v) is 5.16. The first-order chi connectivity index (χ1) is 11.2. The molecule has 0 radical (unpaired) electrons. The highest BCUT2D eigenvalue weighted by Crippen LogP contribution is 2.35. The van der Waals surface area contributed by atoms with E-state index in [9.17, 15) is 4.79 Å². The predicted molar refractivity (Wildman–Crippen MR) is 94.5 cm³/mol. The molecule has 3 rings (SSSR count). The van der Waals surface area contributed by atoms with Gasteiger partial charge in [-0.3, -0.25) is 10.1 Å². The van der Waals surface area contributed by atoms with Crippen LogP contribution in [0.3, 0.4) is 0 Å². The second kappa shape index (κ2) is 7.51. The third-order valence-electron chi connectivity index (χ3n) is 4.16. The molecule has 1 aliphatic carbocycles. The van der Waals surface area contributed by atoms with Crippen molar-refractivity contribution in [3.05, 3.63) is 46.5 Å². The molecular formula is C18H21N3OS. The maximum atomic E-state index is 12.3. The Labute approximate surface area is 140 Å². The Morgan fingerprint density at radius 1 is 1.17 bits per heavy atom. The molecule has 0 aliphatic heterocycles. The van der Waals surface area contributed by atoms with E-state index in [4.69, 9.17) is 0 Å². The lowest BCUT2D eigenvalue weighted by molar-refractivity contribution is -0.112. The maximum Gasteiger partial charge on any atom is 0.253 e. The topological polar surface area (TPSA) is 54.9 Å². The van der Waals surface area contributed by atoms with Crippen LogP contribution in [0, 0.1) is 0 Å². The highest BCUT2D eigenvalue weighted by atomic mass is 32.1. The van der Waals surface area contributed by atoms with Gasteiger partial charge in [0.25, 0.3) is 5.91 Å². The zero-order valence-electron chi connectivity index (χ0n) is 13.3. The number of nitrogens with one attached hydrogen (secondary N) is 1. The van der Waals surface area contributed by atoms with Crippen LogP contribution in [0.4, 0.5) is 5.13 Å². The molecule has 1 fully saturated rings. The number of carbonyl (C=O) groups excluding carboxylic acids is 1. The zero-order valence-corrected chi connectivity index (χ0v) is 14.1. The first kappa shape index (κ1) is 15.9. The van der Waals surface area contributed by atoms with E-state index in [0.29, 0.717) is 16.6 Å². The van der Waals surface area contributed by atoms with Gasteiger partial charge < -0.3 is 0 Å². The van der Waals surface area contributed by atoms with Crippen molar-refractivity contribution >= 4 is 28.5 Å². The molecule has 2 aromatic rings. The Hall–Kier alpha value is -2.01. The number of benzene rings is 1. The van der Waals surface area contributed by atoms with Crippen LogP contribution in [0.1, 0.15) is 55.5 Å². The molecule has 23 heavy (non-hydrogen) atoms. The van der Waals surface area contributed by atoms with E-state index in [1.54, 1.807) is 0 Å². The first-order valence-corrected chi connectivity index (χ1v) is 8.92. The van der Waals surface area contributed by atoms with E-state index in [2.05, 4.69) is 15.5 Å². The normalized spacial score (nSPS) is 16.3. The Morgan fingerprint density at radius 2 is 1.91 bits per heavy atom. The summed E-state index contributed by atoms with van der Waals surface area (Å²) in [6, 6.07) is 9.82. The Bertz CT molecular complexity index is 687. The lowest BCUT2D eigenvalue weighted by atomic mass is 9.90. The number of hydrogen-bond donors (Lipinski definition) is 1. The molecule has 1 saturated carbocycles. The summed E-state index contributed by atoms with van der Waals surface area (Å²) in [5.41, 5.74) is 1.67. The lowest BCUT2D eigenvalue weighted by Gasteiger charge is -2.18. The molecule has 1 aliphatic rings. The lowest BCUT2D eigenvalue weighted by Crippen LogP contribution is -2.12. The summed E-state index contributed by atoms with van der Waals surface area (Å²) >= 11 is 1.51. The Kier molecular flexibility index (Phi) is 5.18. The molecule has 1 heterocycles. The molecule has 0 unspecified atom stereocenters. The van der Waals surface area contributed by atoms with Crippen molar-refractivity contribution in [2.45, 2.75) is 44.9 Å². The van der Waals surface area contributed by atoms with Crippen LogP contribution in [0.2, 0.25) is 0 Å². The maximum absolute atomic E-state index is 12.3. The summed E-state index contributed by atoms with van der Waals surface area (Å²) in [7, 11) is 0. The van der Waals surface area contributed by atoms with Gasteiger partial charge in [-0.05, 0) is 31.4 Å². The van der Waals surface area contributed by atoms with E-state index in [1.165, 1.54) is 43.4 Å². The van der Waals surface area contributed by atoms with Gasteiger partial charge in [0.1, 0.15) is 5.01 Å². The Balaban J connectivity index is 1.63. The van der Waals surface area contributed by atoms with Gasteiger partial charge in [0.15, 0.2) is 0 Å². The minimum Gasteiger partial charge on any atom is -0.297 e. The first-order valence-electron chi connectivity index (χ1n) is 8.10. The standard InChI is InChI=1S/C18H21N3OS/c1-13(12-14-8-4-2-5-9-14)16(22)19-18-21-20-17(23-18)15-10-6-3-7-11-15/h2,4-5,8-9,12,15H,3,6-7,10-11H2,1H3,(H,19,21,22)/b13-12-. The van der Waals surface area contributed by atoms with Crippen LogP contribution in [0.5, 0.6) is 0 Å². The number of hydrogen-bond acceptors (Lipinski definition) is 4. The van der Waals surface area contributed by atoms with Crippen LogP contribution in [-0.4, -0.2) is 16.1 Å². The van der Waals surface area contributed by atoms with Crippen molar-refractivity contribution < 1.29 is 4.79 Å². The fourth-order valence-electron chi connectivity index (χ4n) is 2.86. The number of anilines is 1. The van der Waals surface area contributed by atoms with Crippen LogP contribution < -0.4 is 5.32 Å². The molecule has 120 valence electrons. The summed E-state index contributed by atoms with van der Waals surface area (Å²) in [6.45, 7) is 1.81. The summed E-state index contributed by atoms with van der Waals surface area (Å²) in [6.07, 6.45) is 8.11. The molecule has 1 aromatic carbocycles. The van der Waals surface area contributed by atoms with E-state index in [1.807, 2.05) is 43.3 Å². The smallest absolute Gasteiger partial charge is 0.253 e. The van der Waals surface area contributed by atoms with Gasteiger partial charge in [-0.1, -0.05) is 60.9 Å². The molecular weight excluding hydrogens is 306 g/mol.